The topological polar surface area (TPSA) is 44.8 Å². The van der Waals surface area contributed by atoms with Gasteiger partial charge in [0.15, 0.2) is 28.8 Å². The van der Waals surface area contributed by atoms with E-state index >= 15 is 0 Å². The molecular formula is C16H13FO4. The van der Waals surface area contributed by atoms with E-state index in [1.54, 1.807) is 24.3 Å². The number of rotatable bonds is 3. The average molecular weight is 288 g/mol. The molecule has 21 heavy (non-hydrogen) atoms. The van der Waals surface area contributed by atoms with Crippen LogP contribution in [-0.2, 0) is 0 Å². The van der Waals surface area contributed by atoms with Crippen molar-refractivity contribution in [3.05, 3.63) is 53.3 Å². The highest BCUT2D eigenvalue weighted by Gasteiger charge is 2.24. The van der Waals surface area contributed by atoms with E-state index in [0.29, 0.717) is 24.7 Å². The molecule has 0 saturated carbocycles. The van der Waals surface area contributed by atoms with Crippen molar-refractivity contribution in [2.45, 2.75) is 0 Å². The number of ketones is 1. The molecule has 0 bridgehead atoms. The molecule has 0 fully saturated rings. The quantitative estimate of drug-likeness (QED) is 0.815. The highest BCUT2D eigenvalue weighted by Crippen LogP contribution is 2.35. The molecule has 4 nitrogen and oxygen atoms in total. The van der Waals surface area contributed by atoms with Crippen LogP contribution in [0.4, 0.5) is 4.39 Å². The summed E-state index contributed by atoms with van der Waals surface area (Å²) in [6.07, 6.45) is 0. The van der Waals surface area contributed by atoms with Crippen LogP contribution in [0.25, 0.3) is 0 Å². The van der Waals surface area contributed by atoms with E-state index in [1.807, 2.05) is 0 Å². The molecule has 0 spiro atoms. The lowest BCUT2D eigenvalue weighted by Gasteiger charge is -2.20. The largest absolute Gasteiger partial charge is 0.494 e. The number of halogens is 1. The van der Waals surface area contributed by atoms with Crippen molar-refractivity contribution in [2.75, 3.05) is 20.3 Å². The number of benzene rings is 2. The Labute approximate surface area is 121 Å². The lowest BCUT2D eigenvalue weighted by Crippen LogP contribution is -2.18. The minimum absolute atomic E-state index is 0.0304. The summed E-state index contributed by atoms with van der Waals surface area (Å²) in [6, 6.07) is 9.44. The summed E-state index contributed by atoms with van der Waals surface area (Å²) in [5.41, 5.74) is 0.219. The Morgan fingerprint density at radius 1 is 1.10 bits per heavy atom. The number of carbonyl (C=O) groups excluding carboxylic acids is 1. The monoisotopic (exact) mass is 288 g/mol. The van der Waals surface area contributed by atoms with Crippen LogP contribution in [-0.4, -0.2) is 26.1 Å². The molecule has 0 saturated heterocycles. The SMILES string of the molecule is COc1cccc(C(=O)c2cccc3c2OCCO3)c1F. The Bertz CT molecular complexity index is 697. The zero-order valence-electron chi connectivity index (χ0n) is 11.4. The van der Waals surface area contributed by atoms with Crippen molar-refractivity contribution in [1.29, 1.82) is 0 Å². The molecule has 2 aromatic carbocycles. The molecule has 0 radical (unpaired) electrons. The molecule has 0 aliphatic carbocycles. The van der Waals surface area contributed by atoms with Crippen molar-refractivity contribution in [3.63, 3.8) is 0 Å². The van der Waals surface area contributed by atoms with Gasteiger partial charge in [0.25, 0.3) is 0 Å². The predicted octanol–water partition coefficient (Wildman–Crippen LogP) is 2.84. The number of fused-ring (bicyclic) bond motifs is 1. The van der Waals surface area contributed by atoms with Crippen LogP contribution in [0.15, 0.2) is 36.4 Å². The van der Waals surface area contributed by atoms with Gasteiger partial charge in [-0.25, -0.2) is 4.39 Å². The third-order valence-electron chi connectivity index (χ3n) is 3.24. The number of para-hydroxylation sites is 1. The van der Waals surface area contributed by atoms with E-state index in [9.17, 15) is 9.18 Å². The van der Waals surface area contributed by atoms with Crippen molar-refractivity contribution in [1.82, 2.24) is 0 Å². The summed E-state index contributed by atoms with van der Waals surface area (Å²) in [4.78, 5) is 12.6. The van der Waals surface area contributed by atoms with Crippen molar-refractivity contribution in [3.8, 4) is 17.2 Å². The van der Waals surface area contributed by atoms with E-state index < -0.39 is 11.6 Å². The third kappa shape index (κ3) is 2.31. The molecule has 1 aliphatic rings. The molecule has 0 N–H and O–H groups in total. The summed E-state index contributed by atoms with van der Waals surface area (Å²) in [5.74, 6) is -0.262. The van der Waals surface area contributed by atoms with Gasteiger partial charge in [-0.2, -0.15) is 0 Å². The molecular weight excluding hydrogens is 275 g/mol. The Balaban J connectivity index is 2.07. The molecule has 5 heteroatoms. The van der Waals surface area contributed by atoms with Crippen molar-refractivity contribution in [2.24, 2.45) is 0 Å². The molecule has 3 rings (SSSR count). The van der Waals surface area contributed by atoms with Gasteiger partial charge in [0.05, 0.1) is 18.2 Å². The van der Waals surface area contributed by atoms with Gasteiger partial charge in [0.1, 0.15) is 13.2 Å². The van der Waals surface area contributed by atoms with Gasteiger partial charge in [-0.1, -0.05) is 12.1 Å². The zero-order valence-corrected chi connectivity index (χ0v) is 11.4. The number of ether oxygens (including phenoxy) is 3. The zero-order chi connectivity index (χ0) is 14.8. The van der Waals surface area contributed by atoms with Gasteiger partial charge in [0, 0.05) is 0 Å². The van der Waals surface area contributed by atoms with Crippen molar-refractivity contribution < 1.29 is 23.4 Å². The first-order valence-corrected chi connectivity index (χ1v) is 6.48. The average Bonchev–Trinajstić information content (AvgIpc) is 2.54. The van der Waals surface area contributed by atoms with Gasteiger partial charge >= 0.3 is 0 Å². The van der Waals surface area contributed by atoms with E-state index in [1.165, 1.54) is 19.2 Å². The summed E-state index contributed by atoms with van der Waals surface area (Å²) >= 11 is 0. The summed E-state index contributed by atoms with van der Waals surface area (Å²) < 4.78 is 30.0. The van der Waals surface area contributed by atoms with E-state index in [-0.39, 0.29) is 16.9 Å². The maximum atomic E-state index is 14.2. The van der Waals surface area contributed by atoms with Crippen LogP contribution in [0.1, 0.15) is 15.9 Å². The van der Waals surface area contributed by atoms with E-state index in [4.69, 9.17) is 14.2 Å². The molecule has 2 aromatic rings. The first-order valence-electron chi connectivity index (χ1n) is 6.48. The minimum Gasteiger partial charge on any atom is -0.494 e. The fourth-order valence-electron chi connectivity index (χ4n) is 2.24. The maximum Gasteiger partial charge on any atom is 0.199 e. The molecule has 0 unspecified atom stereocenters. The normalized spacial score (nSPS) is 12.9. The lowest BCUT2D eigenvalue weighted by atomic mass is 10.0. The van der Waals surface area contributed by atoms with Gasteiger partial charge in [-0.3, -0.25) is 4.79 Å². The van der Waals surface area contributed by atoms with Gasteiger partial charge in [0.2, 0.25) is 0 Å². The van der Waals surface area contributed by atoms with Crippen molar-refractivity contribution >= 4 is 5.78 Å². The van der Waals surface area contributed by atoms with Gasteiger partial charge in [-0.15, -0.1) is 0 Å². The minimum atomic E-state index is -0.681. The molecule has 1 heterocycles. The highest BCUT2D eigenvalue weighted by molar-refractivity contribution is 6.11. The third-order valence-corrected chi connectivity index (χ3v) is 3.24. The van der Waals surface area contributed by atoms with Crippen LogP contribution < -0.4 is 14.2 Å². The summed E-state index contributed by atoms with van der Waals surface area (Å²) in [6.45, 7) is 0.788. The smallest absolute Gasteiger partial charge is 0.199 e. The van der Waals surface area contributed by atoms with Crippen LogP contribution in [0.5, 0.6) is 17.2 Å². The first kappa shape index (κ1) is 13.4. The Hall–Kier alpha value is -2.56. The summed E-state index contributed by atoms with van der Waals surface area (Å²) in [7, 11) is 1.36. The highest BCUT2D eigenvalue weighted by atomic mass is 19.1. The van der Waals surface area contributed by atoms with Gasteiger partial charge in [-0.05, 0) is 24.3 Å². The van der Waals surface area contributed by atoms with Crippen LogP contribution in [0.3, 0.4) is 0 Å². The molecule has 0 atom stereocenters. The van der Waals surface area contributed by atoms with Crippen LogP contribution in [0, 0.1) is 5.82 Å². The predicted molar refractivity (Wildman–Crippen MR) is 73.8 cm³/mol. The fraction of sp³-hybridized carbons (Fsp3) is 0.188. The lowest BCUT2D eigenvalue weighted by molar-refractivity contribution is 0.102. The van der Waals surface area contributed by atoms with Gasteiger partial charge < -0.3 is 14.2 Å². The standard InChI is InChI=1S/C16H13FO4/c1-19-12-6-2-4-10(14(12)17)15(18)11-5-3-7-13-16(11)21-9-8-20-13/h2-7H,8-9H2,1H3. The number of hydrogen-bond donors (Lipinski definition) is 0. The second kappa shape index (κ2) is 5.44. The Morgan fingerprint density at radius 2 is 1.81 bits per heavy atom. The number of carbonyl (C=O) groups is 1. The second-order valence-electron chi connectivity index (χ2n) is 4.48. The van der Waals surface area contributed by atoms with Crippen LogP contribution >= 0.6 is 0 Å². The molecule has 1 aliphatic heterocycles. The number of hydrogen-bond acceptors (Lipinski definition) is 4. The fourth-order valence-corrected chi connectivity index (χ4v) is 2.24. The van der Waals surface area contributed by atoms with Crippen LogP contribution in [0.2, 0.25) is 0 Å². The molecule has 0 amide bonds. The number of methoxy groups -OCH3 is 1. The maximum absolute atomic E-state index is 14.2. The Kier molecular flexibility index (Phi) is 3.48. The van der Waals surface area contributed by atoms with E-state index in [2.05, 4.69) is 0 Å². The second-order valence-corrected chi connectivity index (χ2v) is 4.48. The van der Waals surface area contributed by atoms with E-state index in [0.717, 1.165) is 0 Å². The molecule has 108 valence electrons. The summed E-state index contributed by atoms with van der Waals surface area (Å²) in [5, 5.41) is 0. The molecule has 0 aromatic heterocycles. The first-order chi connectivity index (χ1) is 10.2. The Morgan fingerprint density at radius 3 is 2.62 bits per heavy atom.